The molecule has 1 nitrogen and oxygen atoms in total. The van der Waals surface area contributed by atoms with Crippen molar-refractivity contribution < 1.29 is 5.11 Å². The summed E-state index contributed by atoms with van der Waals surface area (Å²) in [5, 5.41) is 9.87. The van der Waals surface area contributed by atoms with E-state index < -0.39 is 0 Å². The van der Waals surface area contributed by atoms with Crippen LogP contribution < -0.4 is 0 Å². The third-order valence-corrected chi connectivity index (χ3v) is 3.95. The van der Waals surface area contributed by atoms with Crippen LogP contribution in [0.4, 0.5) is 0 Å². The third-order valence-electron chi connectivity index (χ3n) is 3.95. The van der Waals surface area contributed by atoms with Crippen LogP contribution in [0.2, 0.25) is 0 Å². The highest BCUT2D eigenvalue weighted by molar-refractivity contribution is 4.88. The number of fused-ring (bicyclic) bond motifs is 1. The van der Waals surface area contributed by atoms with Gasteiger partial charge >= 0.3 is 0 Å². The van der Waals surface area contributed by atoms with Gasteiger partial charge in [-0.3, -0.25) is 0 Å². The van der Waals surface area contributed by atoms with Gasteiger partial charge in [0.15, 0.2) is 0 Å². The maximum Gasteiger partial charge on any atom is 0.0573 e. The Morgan fingerprint density at radius 3 is 2.33 bits per heavy atom. The van der Waals surface area contributed by atoms with E-state index in [0.717, 1.165) is 18.3 Å². The molecule has 0 heterocycles. The first-order chi connectivity index (χ1) is 5.79. The number of aliphatic hydroxyl groups is 1. The molecule has 0 amide bonds. The second kappa shape index (κ2) is 3.37. The van der Waals surface area contributed by atoms with Crippen LogP contribution in [-0.4, -0.2) is 11.2 Å². The second-order valence-corrected chi connectivity index (χ2v) is 4.74. The maximum absolute atomic E-state index is 9.87. The summed E-state index contributed by atoms with van der Waals surface area (Å²) in [5.41, 5.74) is 0. The molecule has 70 valence electrons. The van der Waals surface area contributed by atoms with Crippen molar-refractivity contribution in [2.75, 3.05) is 0 Å². The molecule has 4 atom stereocenters. The molecule has 0 aromatic heterocycles. The van der Waals surface area contributed by atoms with E-state index in [4.69, 9.17) is 0 Å². The lowest BCUT2D eigenvalue weighted by atomic mass is 9.65. The maximum atomic E-state index is 9.87. The molecule has 0 aromatic rings. The normalized spacial score (nSPS) is 48.5. The molecule has 0 aliphatic heterocycles. The highest BCUT2D eigenvalue weighted by Crippen LogP contribution is 2.43. The number of hydrogen-bond donors (Lipinski definition) is 1. The first-order valence-corrected chi connectivity index (χ1v) is 5.47. The zero-order chi connectivity index (χ0) is 8.55. The smallest absolute Gasteiger partial charge is 0.0573 e. The minimum absolute atomic E-state index is 0.0269. The Morgan fingerprint density at radius 1 is 1.00 bits per heavy atom. The van der Waals surface area contributed by atoms with Crippen molar-refractivity contribution in [3.05, 3.63) is 0 Å². The summed E-state index contributed by atoms with van der Waals surface area (Å²) in [5.74, 6) is 2.28. The quantitative estimate of drug-likeness (QED) is 0.589. The van der Waals surface area contributed by atoms with E-state index in [2.05, 4.69) is 6.92 Å². The van der Waals surface area contributed by atoms with Crippen molar-refractivity contribution >= 4 is 0 Å². The zero-order valence-corrected chi connectivity index (χ0v) is 8.00. The van der Waals surface area contributed by atoms with Crippen LogP contribution in [0, 0.1) is 17.8 Å². The Kier molecular flexibility index (Phi) is 2.40. The molecular weight excluding hydrogens is 148 g/mol. The summed E-state index contributed by atoms with van der Waals surface area (Å²) >= 11 is 0. The molecule has 1 heteroatoms. The van der Waals surface area contributed by atoms with Gasteiger partial charge in [-0.2, -0.15) is 0 Å². The molecule has 2 aliphatic carbocycles. The molecule has 12 heavy (non-hydrogen) atoms. The Hall–Kier alpha value is -0.0400. The lowest BCUT2D eigenvalue weighted by Gasteiger charge is -2.43. The summed E-state index contributed by atoms with van der Waals surface area (Å²) in [6, 6.07) is 0. The van der Waals surface area contributed by atoms with E-state index in [-0.39, 0.29) is 6.10 Å². The summed E-state index contributed by atoms with van der Waals surface area (Å²) in [7, 11) is 0. The first-order valence-electron chi connectivity index (χ1n) is 5.47. The standard InChI is InChI=1S/C11H20O/c1-8-4-2-5-9-6-3-7-10(12)11(8)9/h8-12H,2-7H2,1H3/t8-,9-,10+,11+/m0/s1. The van der Waals surface area contributed by atoms with Gasteiger partial charge in [0.1, 0.15) is 0 Å². The van der Waals surface area contributed by atoms with Crippen molar-refractivity contribution in [1.29, 1.82) is 0 Å². The summed E-state index contributed by atoms with van der Waals surface area (Å²) in [4.78, 5) is 0. The van der Waals surface area contributed by atoms with E-state index in [9.17, 15) is 5.11 Å². The zero-order valence-electron chi connectivity index (χ0n) is 8.00. The van der Waals surface area contributed by atoms with Crippen LogP contribution in [0.25, 0.3) is 0 Å². The van der Waals surface area contributed by atoms with Gasteiger partial charge in [0.2, 0.25) is 0 Å². The van der Waals surface area contributed by atoms with Gasteiger partial charge in [-0.1, -0.05) is 32.6 Å². The van der Waals surface area contributed by atoms with Crippen LogP contribution in [0.3, 0.4) is 0 Å². The van der Waals surface area contributed by atoms with Crippen molar-refractivity contribution in [2.24, 2.45) is 17.8 Å². The fourth-order valence-electron chi connectivity index (χ4n) is 3.36. The molecule has 2 fully saturated rings. The van der Waals surface area contributed by atoms with Crippen LogP contribution in [0.5, 0.6) is 0 Å². The topological polar surface area (TPSA) is 20.2 Å². The van der Waals surface area contributed by atoms with E-state index in [1.807, 2.05) is 0 Å². The molecule has 2 rings (SSSR count). The van der Waals surface area contributed by atoms with E-state index in [1.54, 1.807) is 0 Å². The van der Waals surface area contributed by atoms with Gasteiger partial charge in [-0.15, -0.1) is 0 Å². The van der Waals surface area contributed by atoms with E-state index >= 15 is 0 Å². The number of aliphatic hydroxyl groups excluding tert-OH is 1. The molecule has 2 saturated carbocycles. The minimum atomic E-state index is 0.0269. The van der Waals surface area contributed by atoms with E-state index in [0.29, 0.717) is 5.92 Å². The van der Waals surface area contributed by atoms with Crippen molar-refractivity contribution in [1.82, 2.24) is 0 Å². The summed E-state index contributed by atoms with van der Waals surface area (Å²) in [6.45, 7) is 2.32. The molecule has 0 bridgehead atoms. The minimum Gasteiger partial charge on any atom is -0.393 e. The monoisotopic (exact) mass is 168 g/mol. The predicted octanol–water partition coefficient (Wildman–Crippen LogP) is 2.58. The fourth-order valence-corrected chi connectivity index (χ4v) is 3.36. The Balaban J connectivity index is 2.07. The van der Waals surface area contributed by atoms with Crippen molar-refractivity contribution in [3.8, 4) is 0 Å². The van der Waals surface area contributed by atoms with Gasteiger partial charge in [0.05, 0.1) is 6.10 Å². The summed E-state index contributed by atoms with van der Waals surface area (Å²) < 4.78 is 0. The van der Waals surface area contributed by atoms with Gasteiger partial charge in [-0.25, -0.2) is 0 Å². The summed E-state index contributed by atoms with van der Waals surface area (Å²) in [6.07, 6.45) is 7.85. The molecule has 0 spiro atoms. The molecule has 0 unspecified atom stereocenters. The van der Waals surface area contributed by atoms with E-state index in [1.165, 1.54) is 32.1 Å². The third kappa shape index (κ3) is 1.39. The first kappa shape index (κ1) is 8.55. The molecule has 0 aromatic carbocycles. The molecular formula is C11H20O. The van der Waals surface area contributed by atoms with Gasteiger partial charge in [-0.05, 0) is 30.6 Å². The highest BCUT2D eigenvalue weighted by atomic mass is 16.3. The Labute approximate surface area is 75.2 Å². The average molecular weight is 168 g/mol. The molecule has 1 N–H and O–H groups in total. The predicted molar refractivity (Wildman–Crippen MR) is 49.9 cm³/mol. The Bertz CT molecular complexity index is 139. The fraction of sp³-hybridized carbons (Fsp3) is 1.00. The van der Waals surface area contributed by atoms with Crippen LogP contribution in [-0.2, 0) is 0 Å². The second-order valence-electron chi connectivity index (χ2n) is 4.74. The van der Waals surface area contributed by atoms with Crippen LogP contribution in [0.1, 0.15) is 45.4 Å². The number of hydrogen-bond acceptors (Lipinski definition) is 1. The van der Waals surface area contributed by atoms with Crippen LogP contribution in [0.15, 0.2) is 0 Å². The van der Waals surface area contributed by atoms with Gasteiger partial charge in [0.25, 0.3) is 0 Å². The SMILES string of the molecule is C[C@H]1CCC[C@H]2CCC[C@@H](O)[C@@H]21. The van der Waals surface area contributed by atoms with Crippen LogP contribution >= 0.6 is 0 Å². The van der Waals surface area contributed by atoms with Crippen molar-refractivity contribution in [3.63, 3.8) is 0 Å². The lowest BCUT2D eigenvalue weighted by molar-refractivity contribution is -0.0188. The molecule has 0 saturated heterocycles. The van der Waals surface area contributed by atoms with Crippen molar-refractivity contribution in [2.45, 2.75) is 51.6 Å². The average Bonchev–Trinajstić information content (AvgIpc) is 2.04. The largest absolute Gasteiger partial charge is 0.393 e. The van der Waals surface area contributed by atoms with Gasteiger partial charge < -0.3 is 5.11 Å². The lowest BCUT2D eigenvalue weighted by Crippen LogP contribution is -2.39. The number of rotatable bonds is 0. The molecule has 2 aliphatic rings. The molecule has 0 radical (unpaired) electrons. The Morgan fingerprint density at radius 2 is 1.67 bits per heavy atom. The highest BCUT2D eigenvalue weighted by Gasteiger charge is 2.37. The van der Waals surface area contributed by atoms with Gasteiger partial charge in [0, 0.05) is 0 Å².